The van der Waals surface area contributed by atoms with E-state index in [4.69, 9.17) is 12.2 Å². The first-order valence-corrected chi connectivity index (χ1v) is 8.46. The van der Waals surface area contributed by atoms with Crippen LogP contribution in [0.3, 0.4) is 0 Å². The Balaban J connectivity index is 1.87. The average molecular weight is 341 g/mol. The van der Waals surface area contributed by atoms with Gasteiger partial charge in [-0.1, -0.05) is 26.1 Å². The predicted molar refractivity (Wildman–Crippen MR) is 84.1 cm³/mol. The van der Waals surface area contributed by atoms with Crippen LogP contribution in [-0.2, 0) is 0 Å². The summed E-state index contributed by atoms with van der Waals surface area (Å²) in [6, 6.07) is 0. The van der Waals surface area contributed by atoms with Crippen molar-refractivity contribution in [3.63, 3.8) is 0 Å². The van der Waals surface area contributed by atoms with Gasteiger partial charge in [0.25, 0.3) is 0 Å². The maximum atomic E-state index is 5.41. The van der Waals surface area contributed by atoms with Gasteiger partial charge < -0.3 is 4.98 Å². The summed E-state index contributed by atoms with van der Waals surface area (Å²) >= 11 is 9.01. The molecule has 0 saturated heterocycles. The molecule has 0 aromatic carbocycles. The Morgan fingerprint density at radius 3 is 2.37 bits per heavy atom. The molecule has 0 amide bonds. The molecule has 0 unspecified atom stereocenters. The third-order valence-electron chi connectivity index (χ3n) is 4.62. The molecule has 4 heteroatoms. The minimum atomic E-state index is 0.502. The Hall–Kier alpha value is -0.220. The highest BCUT2D eigenvalue weighted by atomic mass is 79.9. The van der Waals surface area contributed by atoms with Crippen molar-refractivity contribution >= 4 is 28.1 Å². The molecule has 1 aromatic heterocycles. The molecule has 104 valence electrons. The number of nitrogens with one attached hydrogen (secondary N) is 1. The Bertz CT molecular complexity index is 536. The van der Waals surface area contributed by atoms with Gasteiger partial charge in [-0.2, -0.15) is 0 Å². The van der Waals surface area contributed by atoms with Crippen molar-refractivity contribution in [3.8, 4) is 0 Å². The molecule has 1 N–H and O–H groups in total. The standard InChI is InChI=1S/C15H21BrN2S/c1-15(2)7-5-10(6-8-15)13-17-12(9-3-4-9)11(16)14(19)18-13/h9-10H,3-8H2,1-2H3,(H,17,18,19). The number of hydrogen-bond acceptors (Lipinski definition) is 2. The molecule has 1 aromatic rings. The highest BCUT2D eigenvalue weighted by Gasteiger charge is 2.31. The number of H-pyrrole nitrogens is 1. The quantitative estimate of drug-likeness (QED) is 0.723. The van der Waals surface area contributed by atoms with Crippen LogP contribution in [0, 0.1) is 10.1 Å². The fourth-order valence-corrected chi connectivity index (χ4v) is 3.73. The zero-order valence-corrected chi connectivity index (χ0v) is 14.0. The predicted octanol–water partition coefficient (Wildman–Crippen LogP) is 5.46. The van der Waals surface area contributed by atoms with Gasteiger partial charge in [-0.3, -0.25) is 0 Å². The summed E-state index contributed by atoms with van der Waals surface area (Å²) in [5, 5.41) is 0. The third kappa shape index (κ3) is 2.94. The zero-order valence-electron chi connectivity index (χ0n) is 11.6. The number of halogens is 1. The lowest BCUT2D eigenvalue weighted by Crippen LogP contribution is -2.21. The molecule has 0 bridgehead atoms. The molecule has 0 spiro atoms. The molecule has 0 aliphatic heterocycles. The van der Waals surface area contributed by atoms with Crippen molar-refractivity contribution in [1.82, 2.24) is 9.97 Å². The number of nitrogens with zero attached hydrogens (tertiary/aromatic N) is 1. The Morgan fingerprint density at radius 1 is 1.16 bits per heavy atom. The highest BCUT2D eigenvalue weighted by molar-refractivity contribution is 9.10. The first-order chi connectivity index (χ1) is 8.96. The van der Waals surface area contributed by atoms with Crippen molar-refractivity contribution in [2.75, 3.05) is 0 Å². The van der Waals surface area contributed by atoms with Crippen LogP contribution in [0.4, 0.5) is 0 Å². The maximum absolute atomic E-state index is 5.41. The lowest BCUT2D eigenvalue weighted by molar-refractivity contribution is 0.220. The van der Waals surface area contributed by atoms with E-state index in [2.05, 4.69) is 39.7 Å². The average Bonchev–Trinajstić information content (AvgIpc) is 3.17. The van der Waals surface area contributed by atoms with Crippen molar-refractivity contribution in [3.05, 3.63) is 20.6 Å². The summed E-state index contributed by atoms with van der Waals surface area (Å²) in [6.45, 7) is 4.74. The van der Waals surface area contributed by atoms with Gasteiger partial charge in [-0.25, -0.2) is 4.98 Å². The molecule has 0 atom stereocenters. The molecule has 2 nitrogen and oxygen atoms in total. The van der Waals surface area contributed by atoms with Crippen LogP contribution < -0.4 is 0 Å². The van der Waals surface area contributed by atoms with Crippen LogP contribution in [0.5, 0.6) is 0 Å². The molecule has 3 rings (SSSR count). The first kappa shape index (κ1) is 13.7. The smallest absolute Gasteiger partial charge is 0.144 e. The van der Waals surface area contributed by atoms with Crippen LogP contribution >= 0.6 is 28.1 Å². The van der Waals surface area contributed by atoms with Gasteiger partial charge in [-0.15, -0.1) is 0 Å². The summed E-state index contributed by atoms with van der Waals surface area (Å²) in [5.41, 5.74) is 1.79. The summed E-state index contributed by atoms with van der Waals surface area (Å²) in [5.74, 6) is 2.38. The van der Waals surface area contributed by atoms with Crippen molar-refractivity contribution < 1.29 is 0 Å². The summed E-state index contributed by atoms with van der Waals surface area (Å²) in [4.78, 5) is 8.22. The number of rotatable bonds is 2. The summed E-state index contributed by atoms with van der Waals surface area (Å²) in [7, 11) is 0. The van der Waals surface area contributed by atoms with Crippen LogP contribution in [0.15, 0.2) is 4.47 Å². The van der Waals surface area contributed by atoms with E-state index < -0.39 is 0 Å². The lowest BCUT2D eigenvalue weighted by Gasteiger charge is -2.34. The fraction of sp³-hybridized carbons (Fsp3) is 0.733. The van der Waals surface area contributed by atoms with E-state index in [1.54, 1.807) is 0 Å². The Morgan fingerprint density at radius 2 is 1.79 bits per heavy atom. The van der Waals surface area contributed by atoms with Crippen LogP contribution in [0.25, 0.3) is 0 Å². The van der Waals surface area contributed by atoms with Crippen molar-refractivity contribution in [2.24, 2.45) is 5.41 Å². The Labute approximate surface area is 128 Å². The van der Waals surface area contributed by atoms with Gasteiger partial charge in [-0.05, 0) is 59.9 Å². The van der Waals surface area contributed by atoms with Gasteiger partial charge >= 0.3 is 0 Å². The van der Waals surface area contributed by atoms with Crippen LogP contribution in [0.1, 0.15) is 75.7 Å². The number of aromatic amines is 1. The first-order valence-electron chi connectivity index (χ1n) is 7.26. The second-order valence-electron chi connectivity index (χ2n) is 6.87. The summed E-state index contributed by atoms with van der Waals surface area (Å²) in [6.07, 6.45) is 7.60. The van der Waals surface area contributed by atoms with Gasteiger partial charge in [0, 0.05) is 17.5 Å². The third-order valence-corrected chi connectivity index (χ3v) is 5.98. The van der Waals surface area contributed by atoms with Crippen molar-refractivity contribution in [1.29, 1.82) is 0 Å². The molecule has 2 aliphatic rings. The monoisotopic (exact) mass is 340 g/mol. The molecular weight excluding hydrogens is 320 g/mol. The van der Waals surface area contributed by atoms with E-state index in [1.807, 2.05) is 0 Å². The molecule has 2 aliphatic carbocycles. The SMILES string of the molecule is CC1(C)CCC(c2nc(=S)c(Br)c(C3CC3)[nH]2)CC1. The molecule has 19 heavy (non-hydrogen) atoms. The maximum Gasteiger partial charge on any atom is 0.144 e. The number of aromatic nitrogens is 2. The largest absolute Gasteiger partial charge is 0.346 e. The minimum absolute atomic E-state index is 0.502. The van der Waals surface area contributed by atoms with E-state index in [0.29, 0.717) is 17.3 Å². The molecule has 0 radical (unpaired) electrons. The highest BCUT2D eigenvalue weighted by Crippen LogP contribution is 2.45. The number of hydrogen-bond donors (Lipinski definition) is 1. The Kier molecular flexibility index (Phi) is 3.59. The van der Waals surface area contributed by atoms with E-state index in [-0.39, 0.29) is 0 Å². The molecule has 2 saturated carbocycles. The van der Waals surface area contributed by atoms with Gasteiger partial charge in [0.15, 0.2) is 0 Å². The van der Waals surface area contributed by atoms with E-state index in [9.17, 15) is 0 Å². The van der Waals surface area contributed by atoms with E-state index in [1.165, 1.54) is 44.2 Å². The van der Waals surface area contributed by atoms with Crippen LogP contribution in [0.2, 0.25) is 0 Å². The van der Waals surface area contributed by atoms with Crippen molar-refractivity contribution in [2.45, 2.75) is 64.2 Å². The molecule has 2 fully saturated rings. The second kappa shape index (κ2) is 4.96. The second-order valence-corrected chi connectivity index (χ2v) is 8.05. The normalized spacial score (nSPS) is 23.5. The minimum Gasteiger partial charge on any atom is -0.346 e. The summed E-state index contributed by atoms with van der Waals surface area (Å²) < 4.78 is 1.75. The van der Waals surface area contributed by atoms with Gasteiger partial charge in [0.05, 0.1) is 4.47 Å². The van der Waals surface area contributed by atoms with Gasteiger partial charge in [0.1, 0.15) is 10.5 Å². The topological polar surface area (TPSA) is 28.7 Å². The molecular formula is C15H21BrN2S. The zero-order chi connectivity index (χ0) is 13.6. The lowest BCUT2D eigenvalue weighted by atomic mass is 9.73. The van der Waals surface area contributed by atoms with Crippen LogP contribution in [-0.4, -0.2) is 9.97 Å². The fourth-order valence-electron chi connectivity index (χ4n) is 3.01. The van der Waals surface area contributed by atoms with E-state index >= 15 is 0 Å². The van der Waals surface area contributed by atoms with E-state index in [0.717, 1.165) is 14.9 Å². The molecule has 1 heterocycles. The van der Waals surface area contributed by atoms with Gasteiger partial charge in [0.2, 0.25) is 0 Å².